The van der Waals surface area contributed by atoms with Crippen LogP contribution in [-0.2, 0) is 6.54 Å². The minimum atomic E-state index is -0.164. The Labute approximate surface area is 118 Å². The average Bonchev–Trinajstić information content (AvgIpc) is 2.40. The fourth-order valence-electron chi connectivity index (χ4n) is 2.02. The van der Waals surface area contributed by atoms with Crippen molar-refractivity contribution in [1.29, 1.82) is 0 Å². The fourth-order valence-corrected chi connectivity index (χ4v) is 2.32. The van der Waals surface area contributed by atoms with Gasteiger partial charge in [0, 0.05) is 17.6 Å². The topological polar surface area (TPSA) is 12.0 Å². The van der Waals surface area contributed by atoms with Gasteiger partial charge in [-0.1, -0.05) is 41.9 Å². The van der Waals surface area contributed by atoms with Crippen LogP contribution in [0.1, 0.15) is 29.7 Å². The first-order chi connectivity index (χ1) is 9.08. The molecule has 2 rings (SSSR count). The second-order valence-corrected chi connectivity index (χ2v) is 5.11. The number of hydrogen-bond donors (Lipinski definition) is 1. The van der Waals surface area contributed by atoms with Crippen LogP contribution in [0.4, 0.5) is 4.39 Å². The molecule has 3 heteroatoms. The highest BCUT2D eigenvalue weighted by Gasteiger charge is 2.08. The summed E-state index contributed by atoms with van der Waals surface area (Å²) in [5.41, 5.74) is 2.81. The van der Waals surface area contributed by atoms with Gasteiger partial charge in [-0.05, 0) is 42.7 Å². The average molecular weight is 278 g/mol. The third-order valence-electron chi connectivity index (χ3n) is 3.21. The molecule has 0 aliphatic heterocycles. The van der Waals surface area contributed by atoms with E-state index in [4.69, 9.17) is 11.6 Å². The van der Waals surface area contributed by atoms with Gasteiger partial charge in [-0.15, -0.1) is 0 Å². The molecule has 0 aliphatic rings. The third kappa shape index (κ3) is 3.55. The summed E-state index contributed by atoms with van der Waals surface area (Å²) in [7, 11) is 0. The number of halogens is 2. The zero-order valence-corrected chi connectivity index (χ0v) is 11.8. The second kappa shape index (κ2) is 6.18. The van der Waals surface area contributed by atoms with Crippen molar-refractivity contribution in [2.45, 2.75) is 26.4 Å². The van der Waals surface area contributed by atoms with Crippen molar-refractivity contribution in [3.05, 3.63) is 70.0 Å². The Bertz CT molecular complexity index is 568. The predicted molar refractivity (Wildman–Crippen MR) is 77.8 cm³/mol. The Balaban J connectivity index is 2.02. The van der Waals surface area contributed by atoms with E-state index in [9.17, 15) is 4.39 Å². The highest BCUT2D eigenvalue weighted by atomic mass is 35.5. The van der Waals surface area contributed by atoms with E-state index in [1.165, 1.54) is 6.07 Å². The monoisotopic (exact) mass is 277 g/mol. The predicted octanol–water partition coefficient (Wildman–Crippen LogP) is 4.64. The molecule has 0 fully saturated rings. The molecule has 1 N–H and O–H groups in total. The van der Waals surface area contributed by atoms with E-state index in [0.29, 0.717) is 12.1 Å². The molecule has 0 saturated carbocycles. The summed E-state index contributed by atoms with van der Waals surface area (Å²) in [4.78, 5) is 0. The molecule has 2 aromatic rings. The summed E-state index contributed by atoms with van der Waals surface area (Å²) in [6.07, 6.45) is 0. The van der Waals surface area contributed by atoms with Crippen molar-refractivity contribution >= 4 is 11.6 Å². The van der Waals surface area contributed by atoms with Crippen molar-refractivity contribution in [3.8, 4) is 0 Å². The summed E-state index contributed by atoms with van der Waals surface area (Å²) in [5, 5.41) is 4.16. The van der Waals surface area contributed by atoms with E-state index in [0.717, 1.165) is 16.1 Å². The standard InChI is InChI=1S/C16H17ClFN/c1-11-9-13(7-8-16(11)18)10-19-12(2)14-5-3-4-6-15(14)17/h3-9,12,19H,10H2,1-2H3/t12-/m0/s1. The van der Waals surface area contributed by atoms with Crippen molar-refractivity contribution in [2.75, 3.05) is 0 Å². The van der Waals surface area contributed by atoms with E-state index in [1.807, 2.05) is 30.3 Å². The minimum absolute atomic E-state index is 0.152. The van der Waals surface area contributed by atoms with Gasteiger partial charge in [0.05, 0.1) is 0 Å². The molecule has 0 bridgehead atoms. The highest BCUT2D eigenvalue weighted by molar-refractivity contribution is 6.31. The van der Waals surface area contributed by atoms with Crippen LogP contribution in [0.2, 0.25) is 5.02 Å². The highest BCUT2D eigenvalue weighted by Crippen LogP contribution is 2.22. The molecule has 0 saturated heterocycles. The summed E-state index contributed by atoms with van der Waals surface area (Å²) in [6.45, 7) is 4.53. The summed E-state index contributed by atoms with van der Waals surface area (Å²) in [5.74, 6) is -0.164. The molecular formula is C16H17ClFN. The van der Waals surface area contributed by atoms with Gasteiger partial charge >= 0.3 is 0 Å². The smallest absolute Gasteiger partial charge is 0.126 e. The number of nitrogens with one attached hydrogen (secondary N) is 1. The Morgan fingerprint density at radius 1 is 1.21 bits per heavy atom. The van der Waals surface area contributed by atoms with Crippen LogP contribution in [0.25, 0.3) is 0 Å². The SMILES string of the molecule is Cc1cc(CN[C@@H](C)c2ccccc2Cl)ccc1F. The Morgan fingerprint density at radius 3 is 2.63 bits per heavy atom. The number of aryl methyl sites for hydroxylation is 1. The fraction of sp³-hybridized carbons (Fsp3) is 0.250. The van der Waals surface area contributed by atoms with E-state index < -0.39 is 0 Å². The zero-order chi connectivity index (χ0) is 13.8. The lowest BCUT2D eigenvalue weighted by atomic mass is 10.1. The molecule has 0 heterocycles. The lowest BCUT2D eigenvalue weighted by molar-refractivity contribution is 0.572. The summed E-state index contributed by atoms with van der Waals surface area (Å²) in [6, 6.07) is 13.1. The van der Waals surface area contributed by atoms with Crippen molar-refractivity contribution in [3.63, 3.8) is 0 Å². The van der Waals surface area contributed by atoms with E-state index in [2.05, 4.69) is 12.2 Å². The maximum Gasteiger partial charge on any atom is 0.126 e. The van der Waals surface area contributed by atoms with Crippen LogP contribution < -0.4 is 5.32 Å². The first-order valence-electron chi connectivity index (χ1n) is 6.31. The van der Waals surface area contributed by atoms with Crippen molar-refractivity contribution < 1.29 is 4.39 Å². The first-order valence-corrected chi connectivity index (χ1v) is 6.68. The first kappa shape index (κ1) is 14.0. The third-order valence-corrected chi connectivity index (χ3v) is 3.55. The van der Waals surface area contributed by atoms with Crippen LogP contribution in [-0.4, -0.2) is 0 Å². The van der Waals surface area contributed by atoms with Gasteiger partial charge in [-0.2, -0.15) is 0 Å². The summed E-state index contributed by atoms with van der Waals surface area (Å²) < 4.78 is 13.2. The minimum Gasteiger partial charge on any atom is -0.306 e. The maximum atomic E-state index is 13.2. The molecule has 0 aliphatic carbocycles. The molecule has 0 unspecified atom stereocenters. The van der Waals surface area contributed by atoms with Crippen LogP contribution in [0, 0.1) is 12.7 Å². The Morgan fingerprint density at radius 2 is 1.95 bits per heavy atom. The molecule has 1 nitrogen and oxygen atoms in total. The molecule has 0 amide bonds. The molecule has 2 aromatic carbocycles. The van der Waals surface area contributed by atoms with Crippen LogP contribution in [0.5, 0.6) is 0 Å². The maximum absolute atomic E-state index is 13.2. The van der Waals surface area contributed by atoms with E-state index >= 15 is 0 Å². The van der Waals surface area contributed by atoms with Gasteiger partial charge in [0.15, 0.2) is 0 Å². The van der Waals surface area contributed by atoms with Crippen LogP contribution >= 0.6 is 11.6 Å². The molecule has 0 radical (unpaired) electrons. The Kier molecular flexibility index (Phi) is 4.56. The van der Waals surface area contributed by atoms with Gasteiger partial charge in [-0.25, -0.2) is 4.39 Å². The van der Waals surface area contributed by atoms with E-state index in [1.54, 1.807) is 13.0 Å². The van der Waals surface area contributed by atoms with E-state index in [-0.39, 0.29) is 11.9 Å². The molecule has 0 spiro atoms. The largest absolute Gasteiger partial charge is 0.306 e. The zero-order valence-electron chi connectivity index (χ0n) is 11.1. The molecule has 100 valence electrons. The van der Waals surface area contributed by atoms with Crippen molar-refractivity contribution in [2.24, 2.45) is 0 Å². The number of benzene rings is 2. The normalized spacial score (nSPS) is 12.4. The van der Waals surface area contributed by atoms with Crippen molar-refractivity contribution in [1.82, 2.24) is 5.32 Å². The lowest BCUT2D eigenvalue weighted by Gasteiger charge is -2.16. The quantitative estimate of drug-likeness (QED) is 0.858. The van der Waals surface area contributed by atoms with Gasteiger partial charge in [0.25, 0.3) is 0 Å². The molecule has 1 atom stereocenters. The van der Waals surface area contributed by atoms with Gasteiger partial charge < -0.3 is 5.32 Å². The van der Waals surface area contributed by atoms with Gasteiger partial charge in [0.1, 0.15) is 5.82 Å². The van der Waals surface area contributed by atoms with Crippen LogP contribution in [0.3, 0.4) is 0 Å². The van der Waals surface area contributed by atoms with Crippen LogP contribution in [0.15, 0.2) is 42.5 Å². The number of rotatable bonds is 4. The second-order valence-electron chi connectivity index (χ2n) is 4.71. The summed E-state index contributed by atoms with van der Waals surface area (Å²) >= 11 is 6.16. The lowest BCUT2D eigenvalue weighted by Crippen LogP contribution is -2.18. The molecule has 19 heavy (non-hydrogen) atoms. The molecular weight excluding hydrogens is 261 g/mol. The molecule has 0 aromatic heterocycles. The van der Waals surface area contributed by atoms with Gasteiger partial charge in [0.2, 0.25) is 0 Å². The Hall–Kier alpha value is -1.38. The van der Waals surface area contributed by atoms with Gasteiger partial charge in [-0.3, -0.25) is 0 Å². The number of hydrogen-bond acceptors (Lipinski definition) is 1.